The number of aryl methyl sites for hydroxylation is 1. The van der Waals surface area contributed by atoms with Crippen LogP contribution in [0.5, 0.6) is 5.75 Å². The minimum Gasteiger partial charge on any atom is -0.497 e. The topological polar surface area (TPSA) is 61.3 Å². The van der Waals surface area contributed by atoms with Gasteiger partial charge in [0.2, 0.25) is 0 Å². The van der Waals surface area contributed by atoms with Crippen molar-refractivity contribution in [1.82, 2.24) is 0 Å². The van der Waals surface area contributed by atoms with E-state index in [9.17, 15) is 0 Å². The second-order valence-corrected chi connectivity index (χ2v) is 4.62. The van der Waals surface area contributed by atoms with Gasteiger partial charge in [-0.25, -0.2) is 0 Å². The summed E-state index contributed by atoms with van der Waals surface area (Å²) in [6.45, 7) is 2.15. The molecule has 4 N–H and O–H groups in total. The zero-order valence-corrected chi connectivity index (χ0v) is 11.4. The van der Waals surface area contributed by atoms with Gasteiger partial charge in [0.1, 0.15) is 5.75 Å². The Morgan fingerprint density at radius 1 is 1.05 bits per heavy atom. The second kappa shape index (κ2) is 5.65. The molecule has 0 saturated carbocycles. The van der Waals surface area contributed by atoms with Crippen LogP contribution in [-0.4, -0.2) is 7.11 Å². The summed E-state index contributed by atoms with van der Waals surface area (Å²) in [5.74, 6) is 0.833. The lowest BCUT2D eigenvalue weighted by Gasteiger charge is -2.12. The summed E-state index contributed by atoms with van der Waals surface area (Å²) < 4.78 is 5.17. The molecule has 0 radical (unpaired) electrons. The largest absolute Gasteiger partial charge is 0.497 e. The Morgan fingerprint density at radius 2 is 1.74 bits per heavy atom. The summed E-state index contributed by atoms with van der Waals surface area (Å²) in [7, 11) is 1.66. The zero-order chi connectivity index (χ0) is 13.8. The highest BCUT2D eigenvalue weighted by atomic mass is 16.5. The lowest BCUT2D eigenvalue weighted by atomic mass is 9.98. The van der Waals surface area contributed by atoms with Gasteiger partial charge in [0.15, 0.2) is 0 Å². The number of hydrogen-bond acceptors (Lipinski definition) is 3. The fourth-order valence-corrected chi connectivity index (χ4v) is 2.18. The van der Waals surface area contributed by atoms with Crippen LogP contribution in [0.1, 0.15) is 18.9 Å². The van der Waals surface area contributed by atoms with E-state index < -0.39 is 0 Å². The summed E-state index contributed by atoms with van der Waals surface area (Å²) in [5, 5.41) is 0. The molecule has 0 aliphatic heterocycles. The maximum absolute atomic E-state index is 6.09. The van der Waals surface area contributed by atoms with E-state index in [1.165, 1.54) is 5.56 Å². The van der Waals surface area contributed by atoms with Crippen LogP contribution < -0.4 is 16.2 Å². The predicted molar refractivity (Wildman–Crippen MR) is 81.2 cm³/mol. The van der Waals surface area contributed by atoms with Crippen LogP contribution in [0.15, 0.2) is 36.4 Å². The van der Waals surface area contributed by atoms with Gasteiger partial charge < -0.3 is 16.2 Å². The molecule has 3 heteroatoms. The quantitative estimate of drug-likeness (QED) is 0.823. The zero-order valence-electron chi connectivity index (χ0n) is 11.4. The van der Waals surface area contributed by atoms with Crippen LogP contribution in [0, 0.1) is 0 Å². The van der Waals surface area contributed by atoms with Gasteiger partial charge >= 0.3 is 0 Å². The Balaban J connectivity index is 2.47. The molecule has 2 rings (SSSR count). The Labute approximate surface area is 114 Å². The molecule has 0 aromatic heterocycles. The molecular formula is C16H20N2O. The summed E-state index contributed by atoms with van der Waals surface area (Å²) in [6, 6.07) is 11.9. The van der Waals surface area contributed by atoms with Gasteiger partial charge in [0, 0.05) is 5.56 Å². The van der Waals surface area contributed by atoms with E-state index in [1.54, 1.807) is 7.11 Å². The number of hydrogen-bond donors (Lipinski definition) is 2. The SMILES string of the molecule is CCCc1cc(N)c(N)c(-c2ccc(OC)cc2)c1. The predicted octanol–water partition coefficient (Wildman–Crippen LogP) is 3.48. The molecule has 0 aliphatic carbocycles. The molecular weight excluding hydrogens is 236 g/mol. The van der Waals surface area contributed by atoms with Gasteiger partial charge in [-0.15, -0.1) is 0 Å². The lowest BCUT2D eigenvalue weighted by Crippen LogP contribution is -1.99. The minimum atomic E-state index is 0.644. The maximum atomic E-state index is 6.09. The molecule has 0 aliphatic rings. The standard InChI is InChI=1S/C16H20N2O/c1-3-4-11-9-14(16(18)15(17)10-11)12-5-7-13(19-2)8-6-12/h5-10H,3-4,17-18H2,1-2H3. The number of rotatable bonds is 4. The van der Waals surface area contributed by atoms with Gasteiger partial charge in [-0.2, -0.15) is 0 Å². The number of ether oxygens (including phenoxy) is 1. The molecule has 0 saturated heterocycles. The van der Waals surface area contributed by atoms with E-state index in [0.717, 1.165) is 29.7 Å². The molecule has 2 aromatic rings. The summed E-state index contributed by atoms with van der Waals surface area (Å²) in [4.78, 5) is 0. The molecule has 0 bridgehead atoms. The third kappa shape index (κ3) is 2.81. The number of benzene rings is 2. The summed E-state index contributed by atoms with van der Waals surface area (Å²) >= 11 is 0. The first-order chi connectivity index (χ1) is 9.15. The van der Waals surface area contributed by atoms with E-state index in [0.29, 0.717) is 11.4 Å². The Kier molecular flexibility index (Phi) is 3.95. The van der Waals surface area contributed by atoms with Crippen molar-refractivity contribution in [2.45, 2.75) is 19.8 Å². The normalized spacial score (nSPS) is 10.4. The van der Waals surface area contributed by atoms with Gasteiger partial charge in [-0.1, -0.05) is 25.5 Å². The van der Waals surface area contributed by atoms with E-state index in [-0.39, 0.29) is 0 Å². The Hall–Kier alpha value is -2.16. The van der Waals surface area contributed by atoms with Crippen LogP contribution in [0.2, 0.25) is 0 Å². The van der Waals surface area contributed by atoms with Crippen molar-refractivity contribution in [3.63, 3.8) is 0 Å². The van der Waals surface area contributed by atoms with Gasteiger partial charge in [0.25, 0.3) is 0 Å². The average Bonchev–Trinajstić information content (AvgIpc) is 2.43. The molecule has 0 spiro atoms. The lowest BCUT2D eigenvalue weighted by molar-refractivity contribution is 0.415. The monoisotopic (exact) mass is 256 g/mol. The molecule has 19 heavy (non-hydrogen) atoms. The average molecular weight is 256 g/mol. The van der Waals surface area contributed by atoms with Gasteiger partial charge in [-0.05, 0) is 41.8 Å². The third-order valence-electron chi connectivity index (χ3n) is 3.21. The molecule has 100 valence electrons. The number of nitrogens with two attached hydrogens (primary N) is 2. The van der Waals surface area contributed by atoms with Crippen molar-refractivity contribution >= 4 is 11.4 Å². The number of nitrogen functional groups attached to an aromatic ring is 2. The highest BCUT2D eigenvalue weighted by Crippen LogP contribution is 2.33. The number of methoxy groups -OCH3 is 1. The van der Waals surface area contributed by atoms with Crippen LogP contribution >= 0.6 is 0 Å². The highest BCUT2D eigenvalue weighted by molar-refractivity contribution is 5.85. The van der Waals surface area contributed by atoms with Crippen LogP contribution in [0.25, 0.3) is 11.1 Å². The van der Waals surface area contributed by atoms with E-state index >= 15 is 0 Å². The summed E-state index contributed by atoms with van der Waals surface area (Å²) in [6.07, 6.45) is 2.10. The molecule has 0 heterocycles. The van der Waals surface area contributed by atoms with E-state index in [2.05, 4.69) is 13.0 Å². The first kappa shape index (κ1) is 13.3. The smallest absolute Gasteiger partial charge is 0.118 e. The molecule has 3 nitrogen and oxygen atoms in total. The Bertz CT molecular complexity index is 562. The van der Waals surface area contributed by atoms with Crippen LogP contribution in [0.3, 0.4) is 0 Å². The van der Waals surface area contributed by atoms with Crippen molar-refractivity contribution in [2.24, 2.45) is 0 Å². The maximum Gasteiger partial charge on any atom is 0.118 e. The first-order valence-corrected chi connectivity index (χ1v) is 6.48. The summed E-state index contributed by atoms with van der Waals surface area (Å²) in [5.41, 5.74) is 16.7. The minimum absolute atomic E-state index is 0.644. The van der Waals surface area contributed by atoms with Crippen molar-refractivity contribution in [3.8, 4) is 16.9 Å². The van der Waals surface area contributed by atoms with Crippen molar-refractivity contribution in [1.29, 1.82) is 0 Å². The fraction of sp³-hybridized carbons (Fsp3) is 0.250. The molecule has 0 amide bonds. The van der Waals surface area contributed by atoms with Crippen molar-refractivity contribution in [3.05, 3.63) is 42.0 Å². The van der Waals surface area contributed by atoms with Gasteiger partial charge in [0.05, 0.1) is 18.5 Å². The third-order valence-corrected chi connectivity index (χ3v) is 3.21. The van der Waals surface area contributed by atoms with Crippen molar-refractivity contribution in [2.75, 3.05) is 18.6 Å². The molecule has 0 unspecified atom stereocenters. The highest BCUT2D eigenvalue weighted by Gasteiger charge is 2.08. The molecule has 0 fully saturated rings. The fourth-order valence-electron chi connectivity index (χ4n) is 2.18. The number of anilines is 2. The Morgan fingerprint density at radius 3 is 2.32 bits per heavy atom. The van der Waals surface area contributed by atoms with E-state index in [1.807, 2.05) is 30.3 Å². The van der Waals surface area contributed by atoms with Gasteiger partial charge in [-0.3, -0.25) is 0 Å². The van der Waals surface area contributed by atoms with Crippen molar-refractivity contribution < 1.29 is 4.74 Å². The molecule has 2 aromatic carbocycles. The molecule has 0 atom stereocenters. The van der Waals surface area contributed by atoms with E-state index in [4.69, 9.17) is 16.2 Å². The second-order valence-electron chi connectivity index (χ2n) is 4.62. The van der Waals surface area contributed by atoms with Crippen LogP contribution in [-0.2, 0) is 6.42 Å². The first-order valence-electron chi connectivity index (χ1n) is 6.48. The van der Waals surface area contributed by atoms with Crippen LogP contribution in [0.4, 0.5) is 11.4 Å².